The summed E-state index contributed by atoms with van der Waals surface area (Å²) in [6.45, 7) is 2.15. The Bertz CT molecular complexity index is 1270. The number of anilines is 1. The quantitative estimate of drug-likeness (QED) is 0.229. The number of amides is 1. The molecular formula is C25H18BrCl2FN2O3. The van der Waals surface area contributed by atoms with Gasteiger partial charge in [0, 0.05) is 21.3 Å². The fraction of sp³-hybridized carbons (Fsp3) is 0.120. The number of hydrogen-bond acceptors (Lipinski definition) is 4. The first-order valence-corrected chi connectivity index (χ1v) is 11.6. The molecule has 0 spiro atoms. The number of nitriles is 1. The predicted molar refractivity (Wildman–Crippen MR) is 135 cm³/mol. The summed E-state index contributed by atoms with van der Waals surface area (Å²) in [6.07, 6.45) is 1.41. The molecule has 0 aliphatic carbocycles. The smallest absolute Gasteiger partial charge is 0.266 e. The minimum Gasteiger partial charge on any atom is -0.490 e. The van der Waals surface area contributed by atoms with Crippen LogP contribution >= 0.6 is 39.1 Å². The lowest BCUT2D eigenvalue weighted by molar-refractivity contribution is -0.112. The molecule has 9 heteroatoms. The molecule has 1 N–H and O–H groups in total. The van der Waals surface area contributed by atoms with Crippen molar-refractivity contribution in [3.63, 3.8) is 0 Å². The van der Waals surface area contributed by atoms with E-state index in [9.17, 15) is 14.4 Å². The van der Waals surface area contributed by atoms with Gasteiger partial charge in [0.25, 0.3) is 5.91 Å². The zero-order chi connectivity index (χ0) is 24.7. The fourth-order valence-electron chi connectivity index (χ4n) is 2.98. The van der Waals surface area contributed by atoms with Gasteiger partial charge >= 0.3 is 0 Å². The highest BCUT2D eigenvalue weighted by Gasteiger charge is 2.15. The Labute approximate surface area is 214 Å². The molecule has 34 heavy (non-hydrogen) atoms. The van der Waals surface area contributed by atoms with Crippen molar-refractivity contribution in [1.82, 2.24) is 0 Å². The summed E-state index contributed by atoms with van der Waals surface area (Å²) in [5.41, 5.74) is 1.12. The lowest BCUT2D eigenvalue weighted by atomic mass is 10.1. The lowest BCUT2D eigenvalue weighted by Crippen LogP contribution is -2.13. The topological polar surface area (TPSA) is 71.3 Å². The van der Waals surface area contributed by atoms with Crippen LogP contribution in [-0.4, -0.2) is 12.5 Å². The largest absolute Gasteiger partial charge is 0.490 e. The minimum absolute atomic E-state index is 0.00538. The van der Waals surface area contributed by atoms with Crippen LogP contribution in [0.1, 0.15) is 18.1 Å². The first-order valence-electron chi connectivity index (χ1n) is 10.0. The summed E-state index contributed by atoms with van der Waals surface area (Å²) in [7, 11) is 0. The van der Waals surface area contributed by atoms with Gasteiger partial charge in [0.15, 0.2) is 11.5 Å². The number of carbonyl (C=O) groups excluding carboxylic acids is 1. The number of nitrogens with one attached hydrogen (secondary N) is 1. The summed E-state index contributed by atoms with van der Waals surface area (Å²) in [5.74, 6) is -0.255. The Morgan fingerprint density at radius 2 is 1.85 bits per heavy atom. The number of ether oxygens (including phenoxy) is 2. The Morgan fingerprint density at radius 1 is 1.15 bits per heavy atom. The predicted octanol–water partition coefficient (Wildman–Crippen LogP) is 7.42. The third-order valence-electron chi connectivity index (χ3n) is 4.46. The zero-order valence-corrected chi connectivity index (χ0v) is 21.0. The Kier molecular flexibility index (Phi) is 8.94. The van der Waals surface area contributed by atoms with E-state index in [0.717, 1.165) is 0 Å². The number of rotatable bonds is 8. The van der Waals surface area contributed by atoms with Crippen LogP contribution in [0.15, 0.2) is 64.6 Å². The Morgan fingerprint density at radius 3 is 2.50 bits per heavy atom. The van der Waals surface area contributed by atoms with Gasteiger partial charge in [0.05, 0.1) is 11.1 Å². The third-order valence-corrected chi connectivity index (χ3v) is 5.48. The highest BCUT2D eigenvalue weighted by Crippen LogP contribution is 2.38. The second-order valence-corrected chi connectivity index (χ2v) is 8.65. The van der Waals surface area contributed by atoms with Gasteiger partial charge in [0.1, 0.15) is 24.1 Å². The van der Waals surface area contributed by atoms with Gasteiger partial charge in [-0.2, -0.15) is 5.26 Å². The first-order chi connectivity index (χ1) is 16.3. The molecule has 0 heterocycles. The van der Waals surface area contributed by atoms with Gasteiger partial charge in [-0.1, -0.05) is 41.4 Å². The van der Waals surface area contributed by atoms with E-state index in [1.54, 1.807) is 37.3 Å². The lowest BCUT2D eigenvalue weighted by Gasteiger charge is -2.15. The molecule has 0 radical (unpaired) electrons. The van der Waals surface area contributed by atoms with E-state index in [0.29, 0.717) is 49.4 Å². The van der Waals surface area contributed by atoms with Gasteiger partial charge in [-0.3, -0.25) is 4.79 Å². The van der Waals surface area contributed by atoms with Crippen LogP contribution in [0.2, 0.25) is 10.0 Å². The normalized spacial score (nSPS) is 11.0. The zero-order valence-electron chi connectivity index (χ0n) is 17.9. The molecule has 1 amide bonds. The summed E-state index contributed by atoms with van der Waals surface area (Å²) in [5, 5.41) is 12.8. The van der Waals surface area contributed by atoms with Crippen molar-refractivity contribution in [2.75, 3.05) is 11.9 Å². The van der Waals surface area contributed by atoms with Crippen molar-refractivity contribution in [2.24, 2.45) is 0 Å². The summed E-state index contributed by atoms with van der Waals surface area (Å²) < 4.78 is 26.0. The molecule has 5 nitrogen and oxygen atoms in total. The van der Waals surface area contributed by atoms with Crippen molar-refractivity contribution in [1.29, 1.82) is 5.26 Å². The van der Waals surface area contributed by atoms with E-state index in [1.807, 2.05) is 6.07 Å². The molecule has 0 atom stereocenters. The number of benzene rings is 3. The van der Waals surface area contributed by atoms with Crippen LogP contribution in [0.25, 0.3) is 6.08 Å². The molecule has 3 rings (SSSR count). The molecule has 0 saturated heterocycles. The molecule has 0 unspecified atom stereocenters. The second kappa shape index (κ2) is 11.9. The van der Waals surface area contributed by atoms with E-state index < -0.39 is 5.91 Å². The van der Waals surface area contributed by atoms with Crippen molar-refractivity contribution < 1.29 is 18.7 Å². The molecule has 3 aromatic carbocycles. The van der Waals surface area contributed by atoms with Crippen LogP contribution in [-0.2, 0) is 11.4 Å². The van der Waals surface area contributed by atoms with Crippen LogP contribution in [0.5, 0.6) is 11.5 Å². The van der Waals surface area contributed by atoms with E-state index >= 15 is 0 Å². The molecule has 0 fully saturated rings. The average molecular weight is 564 g/mol. The van der Waals surface area contributed by atoms with Crippen LogP contribution in [0, 0.1) is 17.1 Å². The van der Waals surface area contributed by atoms with Crippen molar-refractivity contribution >= 4 is 56.8 Å². The molecule has 0 aliphatic heterocycles. The number of hydrogen-bond donors (Lipinski definition) is 1. The SMILES string of the molecule is CCOc1cc(/C=C(\C#N)C(=O)Nc2cc(Cl)cc(Cl)c2)cc(Br)c1OCc1ccccc1F. The molecule has 0 bridgehead atoms. The summed E-state index contributed by atoms with van der Waals surface area (Å²) >= 11 is 15.4. The fourth-order valence-corrected chi connectivity index (χ4v) is 4.08. The molecule has 0 aliphatic rings. The Balaban J connectivity index is 1.86. The van der Waals surface area contributed by atoms with E-state index in [1.165, 1.54) is 30.3 Å². The van der Waals surface area contributed by atoms with Crippen LogP contribution < -0.4 is 14.8 Å². The van der Waals surface area contributed by atoms with Gasteiger partial charge in [0.2, 0.25) is 0 Å². The maximum absolute atomic E-state index is 14.0. The highest BCUT2D eigenvalue weighted by molar-refractivity contribution is 9.10. The maximum Gasteiger partial charge on any atom is 0.266 e. The first kappa shape index (κ1) is 25.6. The maximum atomic E-state index is 14.0. The monoisotopic (exact) mass is 562 g/mol. The number of carbonyl (C=O) groups is 1. The van der Waals surface area contributed by atoms with E-state index in [2.05, 4.69) is 21.2 Å². The van der Waals surface area contributed by atoms with Gasteiger partial charge in [-0.15, -0.1) is 0 Å². The Hall–Kier alpha value is -3.05. The van der Waals surface area contributed by atoms with Crippen LogP contribution in [0.3, 0.4) is 0 Å². The van der Waals surface area contributed by atoms with Gasteiger partial charge in [-0.25, -0.2) is 4.39 Å². The number of nitrogens with zero attached hydrogens (tertiary/aromatic N) is 1. The summed E-state index contributed by atoms with van der Waals surface area (Å²) in [4.78, 5) is 12.6. The van der Waals surface area contributed by atoms with Gasteiger partial charge < -0.3 is 14.8 Å². The summed E-state index contributed by atoms with van der Waals surface area (Å²) in [6, 6.07) is 16.1. The molecular weight excluding hydrogens is 546 g/mol. The molecule has 0 saturated carbocycles. The van der Waals surface area contributed by atoms with E-state index in [4.69, 9.17) is 32.7 Å². The van der Waals surface area contributed by atoms with Crippen molar-refractivity contribution in [3.8, 4) is 17.6 Å². The third kappa shape index (κ3) is 6.73. The second-order valence-electron chi connectivity index (χ2n) is 6.93. The molecule has 0 aromatic heterocycles. The van der Waals surface area contributed by atoms with Crippen molar-refractivity contribution in [3.05, 3.63) is 91.6 Å². The standard InChI is InChI=1S/C25H18BrCl2FN2O3/c1-2-33-23-9-15(8-21(26)24(23)34-14-16-5-3-4-6-22(16)29)7-17(13-30)25(32)31-20-11-18(27)10-19(28)12-20/h3-12H,2,14H2,1H3,(H,31,32)/b17-7+. The minimum atomic E-state index is -0.630. The highest BCUT2D eigenvalue weighted by atomic mass is 79.9. The van der Waals surface area contributed by atoms with E-state index in [-0.39, 0.29) is 18.0 Å². The van der Waals surface area contributed by atoms with Crippen molar-refractivity contribution in [2.45, 2.75) is 13.5 Å². The van der Waals surface area contributed by atoms with Gasteiger partial charge in [-0.05, 0) is 70.9 Å². The molecule has 3 aromatic rings. The average Bonchev–Trinajstić information content (AvgIpc) is 2.77. The number of halogens is 4. The molecule has 174 valence electrons. The van der Waals surface area contributed by atoms with Crippen LogP contribution in [0.4, 0.5) is 10.1 Å².